The molecule has 2 aromatic rings. The van der Waals surface area contributed by atoms with Gasteiger partial charge in [-0.3, -0.25) is 9.69 Å². The maximum Gasteiger partial charge on any atom is 0.323 e. The third-order valence-electron chi connectivity index (χ3n) is 4.36. The zero-order valence-corrected chi connectivity index (χ0v) is 14.2. The molecule has 1 aliphatic heterocycles. The van der Waals surface area contributed by atoms with E-state index in [9.17, 15) is 14.0 Å². The summed E-state index contributed by atoms with van der Waals surface area (Å²) in [7, 11) is 0. The van der Waals surface area contributed by atoms with Crippen molar-refractivity contribution in [2.75, 3.05) is 23.7 Å². The minimum Gasteiger partial charge on any atom is -0.481 e. The lowest BCUT2D eigenvalue weighted by atomic mass is 9.97. The van der Waals surface area contributed by atoms with E-state index in [0.717, 1.165) is 17.7 Å². The van der Waals surface area contributed by atoms with Gasteiger partial charge in [0, 0.05) is 25.3 Å². The number of anilines is 2. The summed E-state index contributed by atoms with van der Waals surface area (Å²) < 4.78 is 13.6. The van der Waals surface area contributed by atoms with E-state index in [4.69, 9.17) is 5.11 Å². The third-order valence-corrected chi connectivity index (χ3v) is 4.36. The largest absolute Gasteiger partial charge is 0.481 e. The molecule has 0 unspecified atom stereocenters. The minimum atomic E-state index is -0.809. The van der Waals surface area contributed by atoms with Crippen molar-refractivity contribution in [3.63, 3.8) is 0 Å². The number of nitrogens with one attached hydrogen (secondary N) is 2. The highest BCUT2D eigenvalue weighted by atomic mass is 19.1. The summed E-state index contributed by atoms with van der Waals surface area (Å²) in [5.74, 6) is -1.30. The number of carboxylic acids is 1. The van der Waals surface area contributed by atoms with Crippen LogP contribution < -0.4 is 10.6 Å². The second-order valence-electron chi connectivity index (χ2n) is 6.17. The lowest BCUT2D eigenvalue weighted by Crippen LogP contribution is -2.33. The molecular formula is C19H20FN3O3. The summed E-state index contributed by atoms with van der Waals surface area (Å²) in [5, 5.41) is 14.1. The fourth-order valence-electron chi connectivity index (χ4n) is 3.07. The van der Waals surface area contributed by atoms with Crippen LogP contribution in [0.5, 0.6) is 0 Å². The van der Waals surface area contributed by atoms with Crippen LogP contribution in [-0.2, 0) is 17.8 Å². The van der Waals surface area contributed by atoms with E-state index in [1.165, 1.54) is 12.1 Å². The monoisotopic (exact) mass is 357 g/mol. The van der Waals surface area contributed by atoms with Gasteiger partial charge in [-0.05, 0) is 35.7 Å². The number of halogens is 1. The molecule has 2 aromatic carbocycles. The summed E-state index contributed by atoms with van der Waals surface area (Å²) in [6.45, 7) is 1.88. The van der Waals surface area contributed by atoms with E-state index in [-0.39, 0.29) is 12.1 Å². The summed E-state index contributed by atoms with van der Waals surface area (Å²) in [6, 6.07) is 11.1. The van der Waals surface area contributed by atoms with Crippen molar-refractivity contribution in [2.24, 2.45) is 0 Å². The van der Waals surface area contributed by atoms with E-state index in [0.29, 0.717) is 25.2 Å². The van der Waals surface area contributed by atoms with Gasteiger partial charge in [0.25, 0.3) is 0 Å². The minimum absolute atomic E-state index is 0.109. The van der Waals surface area contributed by atoms with Crippen LogP contribution in [0.15, 0.2) is 42.5 Å². The zero-order chi connectivity index (χ0) is 18.5. The van der Waals surface area contributed by atoms with Crippen molar-refractivity contribution in [2.45, 2.75) is 19.4 Å². The number of hydrogen-bond donors (Lipinski definition) is 3. The highest BCUT2D eigenvalue weighted by molar-refractivity contribution is 6.00. The molecule has 136 valence electrons. The Morgan fingerprint density at radius 3 is 2.58 bits per heavy atom. The Bertz CT molecular complexity index is 825. The molecule has 0 fully saturated rings. The van der Waals surface area contributed by atoms with Gasteiger partial charge in [0.15, 0.2) is 0 Å². The van der Waals surface area contributed by atoms with Crippen molar-refractivity contribution in [3.05, 3.63) is 59.4 Å². The molecular weight excluding hydrogens is 337 g/mol. The van der Waals surface area contributed by atoms with Crippen LogP contribution in [0.3, 0.4) is 0 Å². The standard InChI is InChI=1S/C19H20FN3O3/c20-15-5-1-2-6-17(15)22-19(26)21-16-7-3-4-13-12-23(10-8-14(13)16)11-9-18(24)25/h1-7H,8-12H2,(H,24,25)(H2,21,22,26). The van der Waals surface area contributed by atoms with Crippen LogP contribution >= 0.6 is 0 Å². The molecule has 0 spiro atoms. The van der Waals surface area contributed by atoms with Crippen LogP contribution in [0.2, 0.25) is 0 Å². The van der Waals surface area contributed by atoms with E-state index in [2.05, 4.69) is 15.5 Å². The number of hydrogen-bond acceptors (Lipinski definition) is 3. The molecule has 7 heteroatoms. The number of aliphatic carboxylic acids is 1. The van der Waals surface area contributed by atoms with Crippen LogP contribution in [-0.4, -0.2) is 35.1 Å². The van der Waals surface area contributed by atoms with Gasteiger partial charge in [-0.1, -0.05) is 24.3 Å². The molecule has 1 heterocycles. The molecule has 0 bridgehead atoms. The molecule has 0 aliphatic carbocycles. The quantitative estimate of drug-likeness (QED) is 0.767. The van der Waals surface area contributed by atoms with Crippen molar-refractivity contribution in [1.82, 2.24) is 4.90 Å². The molecule has 0 saturated heterocycles. The average molecular weight is 357 g/mol. The lowest BCUT2D eigenvalue weighted by molar-refractivity contribution is -0.137. The van der Waals surface area contributed by atoms with Crippen LogP contribution in [0.1, 0.15) is 17.5 Å². The fraction of sp³-hybridized carbons (Fsp3) is 0.263. The molecule has 0 radical (unpaired) electrons. The predicted molar refractivity (Wildman–Crippen MR) is 96.7 cm³/mol. The number of fused-ring (bicyclic) bond motifs is 1. The van der Waals surface area contributed by atoms with Gasteiger partial charge >= 0.3 is 12.0 Å². The normalized spacial score (nSPS) is 13.7. The third kappa shape index (κ3) is 4.37. The Labute approximate surface area is 150 Å². The molecule has 6 nitrogen and oxygen atoms in total. The number of carbonyl (C=O) groups excluding carboxylic acids is 1. The number of para-hydroxylation sites is 1. The van der Waals surface area contributed by atoms with Gasteiger partial charge in [-0.25, -0.2) is 9.18 Å². The summed E-state index contributed by atoms with van der Waals surface area (Å²) in [4.78, 5) is 25.0. The van der Waals surface area contributed by atoms with Gasteiger partial charge in [0.05, 0.1) is 12.1 Å². The van der Waals surface area contributed by atoms with Crippen molar-refractivity contribution < 1.29 is 19.1 Å². The van der Waals surface area contributed by atoms with Crippen molar-refractivity contribution >= 4 is 23.4 Å². The van der Waals surface area contributed by atoms with E-state index < -0.39 is 17.8 Å². The molecule has 0 aromatic heterocycles. The Morgan fingerprint density at radius 2 is 1.81 bits per heavy atom. The summed E-state index contributed by atoms with van der Waals surface area (Å²) in [5.41, 5.74) is 2.90. The van der Waals surface area contributed by atoms with Gasteiger partial charge in [-0.15, -0.1) is 0 Å². The smallest absolute Gasteiger partial charge is 0.323 e. The second-order valence-corrected chi connectivity index (χ2v) is 6.17. The highest BCUT2D eigenvalue weighted by Crippen LogP contribution is 2.26. The van der Waals surface area contributed by atoms with E-state index in [1.807, 2.05) is 18.2 Å². The zero-order valence-electron chi connectivity index (χ0n) is 14.2. The number of carboxylic acid groups (broad SMARTS) is 1. The Morgan fingerprint density at radius 1 is 1.08 bits per heavy atom. The number of rotatable bonds is 5. The molecule has 0 atom stereocenters. The fourth-order valence-corrected chi connectivity index (χ4v) is 3.07. The average Bonchev–Trinajstić information content (AvgIpc) is 2.62. The van der Waals surface area contributed by atoms with Crippen molar-refractivity contribution in [3.8, 4) is 0 Å². The van der Waals surface area contributed by atoms with Crippen molar-refractivity contribution in [1.29, 1.82) is 0 Å². The second kappa shape index (κ2) is 7.97. The SMILES string of the molecule is O=C(O)CCN1CCc2c(cccc2NC(=O)Nc2ccccc2F)C1. The van der Waals surface area contributed by atoms with Crippen LogP contribution in [0.25, 0.3) is 0 Å². The summed E-state index contributed by atoms with van der Waals surface area (Å²) >= 11 is 0. The number of nitrogens with zero attached hydrogens (tertiary/aromatic N) is 1. The first kappa shape index (κ1) is 17.9. The predicted octanol–water partition coefficient (Wildman–Crippen LogP) is 3.30. The first-order valence-electron chi connectivity index (χ1n) is 8.40. The van der Waals surface area contributed by atoms with E-state index >= 15 is 0 Å². The molecule has 26 heavy (non-hydrogen) atoms. The number of carbonyl (C=O) groups is 2. The highest BCUT2D eigenvalue weighted by Gasteiger charge is 2.20. The molecule has 1 aliphatic rings. The van der Waals surface area contributed by atoms with Gasteiger partial charge in [0.1, 0.15) is 5.82 Å². The lowest BCUT2D eigenvalue weighted by Gasteiger charge is -2.29. The topological polar surface area (TPSA) is 81.7 Å². The Hall–Kier alpha value is -2.93. The molecule has 0 saturated carbocycles. The number of urea groups is 1. The van der Waals surface area contributed by atoms with Crippen LogP contribution in [0.4, 0.5) is 20.6 Å². The van der Waals surface area contributed by atoms with Gasteiger partial charge in [0.2, 0.25) is 0 Å². The van der Waals surface area contributed by atoms with Gasteiger partial charge < -0.3 is 15.7 Å². The van der Waals surface area contributed by atoms with Gasteiger partial charge in [-0.2, -0.15) is 0 Å². The number of amides is 2. The summed E-state index contributed by atoms with van der Waals surface area (Å²) in [6.07, 6.45) is 0.823. The maximum atomic E-state index is 13.6. The molecule has 3 rings (SSSR count). The molecule has 3 N–H and O–H groups in total. The Kier molecular flexibility index (Phi) is 5.48. The first-order valence-corrected chi connectivity index (χ1v) is 8.40. The molecule has 2 amide bonds. The maximum absolute atomic E-state index is 13.6. The number of benzene rings is 2. The first-order chi connectivity index (χ1) is 12.5. The van der Waals surface area contributed by atoms with E-state index in [1.54, 1.807) is 12.1 Å². The van der Waals surface area contributed by atoms with Crippen LogP contribution in [0, 0.1) is 5.82 Å². The Balaban J connectivity index is 1.67.